The summed E-state index contributed by atoms with van der Waals surface area (Å²) in [5.41, 5.74) is -0.689. The fourth-order valence-electron chi connectivity index (χ4n) is 7.86. The lowest BCUT2D eigenvalue weighted by Crippen LogP contribution is -2.58. The number of allylic oxidation sites excluding steroid dienone is 1. The van der Waals surface area contributed by atoms with Gasteiger partial charge >= 0.3 is 5.97 Å². The van der Waals surface area contributed by atoms with Crippen molar-refractivity contribution in [2.24, 2.45) is 11.8 Å². The zero-order chi connectivity index (χ0) is 35.8. The third-order valence-corrected chi connectivity index (χ3v) is 10.9. The first kappa shape index (κ1) is 38.1. The number of halogens is 1. The lowest BCUT2D eigenvalue weighted by molar-refractivity contribution is -0.163. The summed E-state index contributed by atoms with van der Waals surface area (Å²) >= 11 is 3.71. The van der Waals surface area contributed by atoms with Crippen molar-refractivity contribution in [3.05, 3.63) is 61.2 Å². The molecule has 4 aliphatic heterocycles. The maximum Gasteiger partial charge on any atom is 0.313 e. The molecule has 1 unspecified atom stereocenters. The first-order valence-electron chi connectivity index (χ1n) is 17.3. The van der Waals surface area contributed by atoms with Gasteiger partial charge in [-0.2, -0.15) is 0 Å². The molecule has 0 radical (unpaired) electrons. The van der Waals surface area contributed by atoms with Crippen molar-refractivity contribution in [3.8, 4) is 0 Å². The maximum absolute atomic E-state index is 14.5. The van der Waals surface area contributed by atoms with Gasteiger partial charge in [0.1, 0.15) is 17.7 Å². The van der Waals surface area contributed by atoms with Crippen LogP contribution in [0.3, 0.4) is 0 Å². The van der Waals surface area contributed by atoms with E-state index in [1.165, 1.54) is 12.0 Å². The molecule has 5 rings (SSSR count). The highest BCUT2D eigenvalue weighted by Gasteiger charge is 2.77. The first-order chi connectivity index (χ1) is 24.2. The van der Waals surface area contributed by atoms with Crippen molar-refractivity contribution < 1.29 is 43.2 Å². The molecule has 13 nitrogen and oxygen atoms in total. The molecule has 1 aromatic carbocycles. The van der Waals surface area contributed by atoms with E-state index in [4.69, 9.17) is 18.9 Å². The Hall–Kier alpha value is -3.14. The fraction of sp³-hybridized carbons (Fsp3) is 0.611. The Morgan fingerprint density at radius 3 is 2.58 bits per heavy atom. The number of hydrogen-bond acceptors (Lipinski definition) is 10. The van der Waals surface area contributed by atoms with Crippen molar-refractivity contribution in [1.82, 2.24) is 20.0 Å². The van der Waals surface area contributed by atoms with E-state index in [0.717, 1.165) is 13.1 Å². The molecule has 0 saturated carbocycles. The molecular formula is C36H49BrN4O9. The summed E-state index contributed by atoms with van der Waals surface area (Å²) in [7, 11) is 1.50. The van der Waals surface area contributed by atoms with E-state index in [0.29, 0.717) is 44.7 Å². The van der Waals surface area contributed by atoms with Gasteiger partial charge in [-0.1, -0.05) is 58.4 Å². The Bertz CT molecular complexity index is 1380. The predicted octanol–water partition coefficient (Wildman–Crippen LogP) is 1.46. The van der Waals surface area contributed by atoms with Gasteiger partial charge in [-0.3, -0.25) is 24.1 Å². The number of amides is 3. The van der Waals surface area contributed by atoms with E-state index in [1.54, 1.807) is 41.3 Å². The Morgan fingerprint density at radius 1 is 1.18 bits per heavy atom. The number of carbonyl (C=O) groups excluding carboxylic acids is 4. The number of ether oxygens (including phenoxy) is 4. The number of fused-ring (bicyclic) bond motifs is 1. The standard InChI is InChI=1S/C36H49BrN4O9/c1-4-6-12-27(43)38-26(23-47-3)30(24-10-8-7-9-11-24)49-35(46)28-29-33(44)41(16-19-42)32(36(29)22-25(37)31(28)50-36)34(45)40(13-5-2)15-14-39-17-20-48-21-18-39/h4-5,7-11,25-26,28-32,42H,1-2,6,12-23H2,3H3,(H,38,43)/t25?,26-,28+,29-,30-,31+,32+,36-/m0/s1. The monoisotopic (exact) mass is 760 g/mol. The minimum Gasteiger partial charge on any atom is -0.455 e. The quantitative estimate of drug-likeness (QED) is 0.128. The van der Waals surface area contributed by atoms with E-state index in [2.05, 4.69) is 39.3 Å². The number of esters is 1. The third kappa shape index (κ3) is 7.85. The van der Waals surface area contributed by atoms with Crippen molar-refractivity contribution in [2.45, 2.75) is 54.0 Å². The van der Waals surface area contributed by atoms with Crippen LogP contribution >= 0.6 is 15.9 Å². The molecule has 8 atom stereocenters. The van der Waals surface area contributed by atoms with Crippen LogP contribution in [0.4, 0.5) is 0 Å². The molecule has 0 aromatic heterocycles. The number of benzene rings is 1. The summed E-state index contributed by atoms with van der Waals surface area (Å²) in [6.45, 7) is 11.2. The molecule has 3 amide bonds. The Labute approximate surface area is 302 Å². The summed E-state index contributed by atoms with van der Waals surface area (Å²) in [5, 5.41) is 13.0. The largest absolute Gasteiger partial charge is 0.455 e. The smallest absolute Gasteiger partial charge is 0.313 e. The zero-order valence-corrected chi connectivity index (χ0v) is 30.2. The van der Waals surface area contributed by atoms with Crippen LogP contribution in [0.2, 0.25) is 0 Å². The number of nitrogens with one attached hydrogen (secondary N) is 1. The fourth-order valence-corrected chi connectivity index (χ4v) is 8.80. The van der Waals surface area contributed by atoms with Crippen LogP contribution in [0.1, 0.15) is 30.9 Å². The molecule has 50 heavy (non-hydrogen) atoms. The maximum atomic E-state index is 14.5. The van der Waals surface area contributed by atoms with Gasteiger partial charge in [0, 0.05) is 57.6 Å². The van der Waals surface area contributed by atoms with Crippen molar-refractivity contribution in [3.63, 3.8) is 0 Å². The molecule has 2 N–H and O–H groups in total. The predicted molar refractivity (Wildman–Crippen MR) is 187 cm³/mol. The average molecular weight is 762 g/mol. The van der Waals surface area contributed by atoms with Gasteiger partial charge in [-0.25, -0.2) is 0 Å². The van der Waals surface area contributed by atoms with Crippen LogP contribution in [0.5, 0.6) is 0 Å². The second-order valence-electron chi connectivity index (χ2n) is 13.2. The number of aliphatic hydroxyl groups excluding tert-OH is 1. The molecule has 274 valence electrons. The minimum atomic E-state index is -1.32. The molecule has 14 heteroatoms. The van der Waals surface area contributed by atoms with E-state index in [-0.39, 0.29) is 49.4 Å². The molecule has 2 bridgehead atoms. The lowest BCUT2D eigenvalue weighted by Gasteiger charge is -2.37. The Kier molecular flexibility index (Phi) is 13.2. The number of aliphatic hydroxyl groups is 1. The van der Waals surface area contributed by atoms with Crippen molar-refractivity contribution >= 4 is 39.6 Å². The number of hydrogen-bond donors (Lipinski definition) is 2. The topological polar surface area (TPSA) is 147 Å². The highest BCUT2D eigenvalue weighted by molar-refractivity contribution is 9.09. The molecular weight excluding hydrogens is 712 g/mol. The summed E-state index contributed by atoms with van der Waals surface area (Å²) in [5.74, 6) is -3.75. The van der Waals surface area contributed by atoms with Gasteiger partial charge in [-0.15, -0.1) is 13.2 Å². The average Bonchev–Trinajstić information content (AvgIpc) is 3.71. The van der Waals surface area contributed by atoms with Gasteiger partial charge < -0.3 is 39.2 Å². The zero-order valence-electron chi connectivity index (χ0n) is 28.6. The van der Waals surface area contributed by atoms with Crippen LogP contribution < -0.4 is 5.32 Å². The second-order valence-corrected chi connectivity index (χ2v) is 14.3. The van der Waals surface area contributed by atoms with Crippen LogP contribution in [0.15, 0.2) is 55.6 Å². The highest BCUT2D eigenvalue weighted by atomic mass is 79.9. The van der Waals surface area contributed by atoms with Crippen LogP contribution in [0, 0.1) is 11.8 Å². The van der Waals surface area contributed by atoms with Gasteiger partial charge in [0.2, 0.25) is 17.7 Å². The molecule has 0 aliphatic carbocycles. The van der Waals surface area contributed by atoms with Gasteiger partial charge in [0.05, 0.1) is 50.4 Å². The number of morpholine rings is 1. The Balaban J connectivity index is 1.44. The SMILES string of the molecule is C=CCCC(=O)N[C@@H](COC)[C@@H](OC(=O)[C@H]1[C@@H]2O[C@@]3(CC2Br)[C@@H]1C(=O)N(CCO)[C@@H]3C(=O)N(CC=C)CCN1CCOCC1)c1ccccc1. The number of carbonyl (C=O) groups is 4. The van der Waals surface area contributed by atoms with Crippen LogP contribution in [-0.2, 0) is 38.1 Å². The number of alkyl halides is 1. The summed E-state index contributed by atoms with van der Waals surface area (Å²) < 4.78 is 23.8. The number of methoxy groups -OCH3 is 1. The molecule has 1 aromatic rings. The molecule has 4 saturated heterocycles. The number of β-amino-alcohol motifs (C(OH)–C–C–N with tert-alkyl or cyclic N) is 1. The van der Waals surface area contributed by atoms with Gasteiger partial charge in [0.25, 0.3) is 0 Å². The van der Waals surface area contributed by atoms with Crippen molar-refractivity contribution in [2.75, 3.05) is 72.8 Å². The highest BCUT2D eigenvalue weighted by Crippen LogP contribution is 2.60. The van der Waals surface area contributed by atoms with Crippen LogP contribution in [0.25, 0.3) is 0 Å². The summed E-state index contributed by atoms with van der Waals surface area (Å²) in [6.07, 6.45) is 2.59. The first-order valence-corrected chi connectivity index (χ1v) is 18.2. The summed E-state index contributed by atoms with van der Waals surface area (Å²) in [4.78, 5) is 61.1. The third-order valence-electron chi connectivity index (χ3n) is 10.1. The van der Waals surface area contributed by atoms with E-state index in [9.17, 15) is 24.3 Å². The second kappa shape index (κ2) is 17.4. The van der Waals surface area contributed by atoms with Gasteiger partial charge in [-0.05, 0) is 18.4 Å². The van der Waals surface area contributed by atoms with E-state index < -0.39 is 53.6 Å². The van der Waals surface area contributed by atoms with E-state index in [1.807, 2.05) is 6.07 Å². The molecule has 4 aliphatic rings. The lowest BCUT2D eigenvalue weighted by atomic mass is 9.70. The number of rotatable bonds is 18. The normalized spacial score (nSPS) is 28.5. The molecule has 1 spiro atoms. The Morgan fingerprint density at radius 2 is 1.92 bits per heavy atom. The summed E-state index contributed by atoms with van der Waals surface area (Å²) in [6, 6.07) is 7.24. The molecule has 4 heterocycles. The minimum absolute atomic E-state index is 0.0507. The van der Waals surface area contributed by atoms with Gasteiger partial charge in [0.15, 0.2) is 0 Å². The number of likely N-dealkylation sites (tertiary alicyclic amines) is 1. The number of nitrogens with zero attached hydrogens (tertiary/aromatic N) is 3. The molecule has 4 fully saturated rings. The van der Waals surface area contributed by atoms with Crippen molar-refractivity contribution in [1.29, 1.82) is 0 Å². The van der Waals surface area contributed by atoms with E-state index >= 15 is 0 Å². The van der Waals surface area contributed by atoms with Crippen LogP contribution in [-0.4, -0.2) is 145 Å².